The summed E-state index contributed by atoms with van der Waals surface area (Å²) in [5.41, 5.74) is 1.04. The van der Waals surface area contributed by atoms with Crippen molar-refractivity contribution in [3.63, 3.8) is 0 Å². The third kappa shape index (κ3) is 8.71. The van der Waals surface area contributed by atoms with Crippen LogP contribution in [0.15, 0.2) is 72.8 Å². The number of alkyl carbamates (subject to hydrolysis) is 1. The van der Waals surface area contributed by atoms with E-state index in [-0.39, 0.29) is 24.3 Å². The maximum Gasteiger partial charge on any atom is 0.408 e. The van der Waals surface area contributed by atoms with E-state index in [0.29, 0.717) is 17.0 Å². The topological polar surface area (TPSA) is 137 Å². The van der Waals surface area contributed by atoms with Gasteiger partial charge in [0, 0.05) is 24.2 Å². The molecule has 0 radical (unpaired) electrons. The van der Waals surface area contributed by atoms with Crippen LogP contribution in [0.2, 0.25) is 0 Å². The number of aliphatic hydroxyl groups excluding tert-OH is 1. The average molecular weight is 578 g/mol. The van der Waals surface area contributed by atoms with E-state index in [1.165, 1.54) is 12.0 Å². The number of carbonyl (C=O) groups is 3. The van der Waals surface area contributed by atoms with Crippen molar-refractivity contribution in [3.8, 4) is 11.5 Å². The molecular formula is C32H39N3O7. The second-order valence-electron chi connectivity index (χ2n) is 10.8. The SMILES string of the molecule is COc1ccc(NC(=O)C(c2cccc(C)c2O)N(CCO)C(=O)C(Cc2ccccc2)NC(=O)OC(C)(C)C)cc1. The van der Waals surface area contributed by atoms with Gasteiger partial charge in [-0.3, -0.25) is 9.59 Å². The first kappa shape index (κ1) is 32.0. The van der Waals surface area contributed by atoms with Crippen molar-refractivity contribution in [2.24, 2.45) is 0 Å². The standard InChI is InChI=1S/C32H39N3O7/c1-21-10-9-13-25(28(21)37)27(29(38)33-23-14-16-24(41-5)17-15-23)35(18-19-36)30(39)26(20-22-11-7-6-8-12-22)34-31(40)42-32(2,3)4/h6-17,26-27,36-37H,18-20H2,1-5H3,(H,33,38)(H,34,40). The predicted molar refractivity (Wildman–Crippen MR) is 159 cm³/mol. The minimum Gasteiger partial charge on any atom is -0.507 e. The number of para-hydroxylation sites is 1. The number of benzene rings is 3. The second-order valence-corrected chi connectivity index (χ2v) is 10.8. The predicted octanol–water partition coefficient (Wildman–Crippen LogP) is 4.35. The number of aryl methyl sites for hydroxylation is 1. The number of ether oxygens (including phenoxy) is 2. The smallest absolute Gasteiger partial charge is 0.408 e. The van der Waals surface area contributed by atoms with Gasteiger partial charge >= 0.3 is 6.09 Å². The first-order valence-corrected chi connectivity index (χ1v) is 13.6. The fourth-order valence-corrected chi connectivity index (χ4v) is 4.41. The van der Waals surface area contributed by atoms with Gasteiger partial charge in [0.25, 0.3) is 5.91 Å². The summed E-state index contributed by atoms with van der Waals surface area (Å²) in [6.07, 6.45) is -0.716. The first-order valence-electron chi connectivity index (χ1n) is 13.6. The van der Waals surface area contributed by atoms with Crippen molar-refractivity contribution >= 4 is 23.6 Å². The molecule has 0 heterocycles. The lowest BCUT2D eigenvalue weighted by Gasteiger charge is -2.34. The molecule has 4 N–H and O–H groups in total. The normalized spacial score (nSPS) is 12.5. The van der Waals surface area contributed by atoms with Gasteiger partial charge in [-0.15, -0.1) is 0 Å². The Morgan fingerprint density at radius 1 is 0.952 bits per heavy atom. The van der Waals surface area contributed by atoms with Crippen LogP contribution < -0.4 is 15.4 Å². The summed E-state index contributed by atoms with van der Waals surface area (Å²) in [6, 6.07) is 18.1. The van der Waals surface area contributed by atoms with Crippen molar-refractivity contribution < 1.29 is 34.1 Å². The summed E-state index contributed by atoms with van der Waals surface area (Å²) in [7, 11) is 1.53. The van der Waals surface area contributed by atoms with Gasteiger partial charge in [-0.05, 0) is 63.1 Å². The van der Waals surface area contributed by atoms with Gasteiger partial charge in [-0.25, -0.2) is 4.79 Å². The molecule has 3 amide bonds. The Morgan fingerprint density at radius 2 is 1.62 bits per heavy atom. The Morgan fingerprint density at radius 3 is 2.21 bits per heavy atom. The van der Waals surface area contributed by atoms with Crippen LogP contribution in [0.4, 0.5) is 10.5 Å². The highest BCUT2D eigenvalue weighted by atomic mass is 16.6. The van der Waals surface area contributed by atoms with Crippen molar-refractivity contribution in [1.82, 2.24) is 10.2 Å². The lowest BCUT2D eigenvalue weighted by molar-refractivity contribution is -0.141. The molecule has 3 rings (SSSR count). The molecule has 42 heavy (non-hydrogen) atoms. The van der Waals surface area contributed by atoms with E-state index >= 15 is 0 Å². The van der Waals surface area contributed by atoms with Crippen molar-refractivity contribution in [2.75, 3.05) is 25.6 Å². The summed E-state index contributed by atoms with van der Waals surface area (Å²) < 4.78 is 10.6. The number of aromatic hydroxyl groups is 1. The molecule has 0 aliphatic heterocycles. The number of hydrogen-bond donors (Lipinski definition) is 4. The molecule has 0 bridgehead atoms. The molecule has 0 spiro atoms. The molecule has 0 saturated carbocycles. The molecular weight excluding hydrogens is 538 g/mol. The lowest BCUT2D eigenvalue weighted by atomic mass is 9.98. The van der Waals surface area contributed by atoms with Crippen LogP contribution in [-0.4, -0.2) is 64.9 Å². The van der Waals surface area contributed by atoms with Crippen LogP contribution >= 0.6 is 0 Å². The zero-order chi connectivity index (χ0) is 30.9. The Balaban J connectivity index is 2.06. The number of carbonyl (C=O) groups excluding carboxylic acids is 3. The molecule has 0 saturated heterocycles. The van der Waals surface area contributed by atoms with Crippen molar-refractivity contribution in [3.05, 3.63) is 89.5 Å². The van der Waals surface area contributed by atoms with Gasteiger partial charge in [-0.2, -0.15) is 0 Å². The van der Waals surface area contributed by atoms with Gasteiger partial charge in [-0.1, -0.05) is 48.5 Å². The van der Waals surface area contributed by atoms with E-state index in [1.807, 2.05) is 30.3 Å². The quantitative estimate of drug-likeness (QED) is 0.266. The number of anilines is 1. The lowest BCUT2D eigenvalue weighted by Crippen LogP contribution is -2.53. The largest absolute Gasteiger partial charge is 0.507 e. The van der Waals surface area contributed by atoms with Crippen LogP contribution in [0.5, 0.6) is 11.5 Å². The van der Waals surface area contributed by atoms with Crippen LogP contribution in [0, 0.1) is 6.92 Å². The summed E-state index contributed by atoms with van der Waals surface area (Å²) in [5, 5.41) is 26.5. The molecule has 3 aromatic carbocycles. The number of rotatable bonds is 11. The van der Waals surface area contributed by atoms with Gasteiger partial charge in [0.2, 0.25) is 5.91 Å². The van der Waals surface area contributed by atoms with Gasteiger partial charge in [0.15, 0.2) is 0 Å². The molecule has 2 unspecified atom stereocenters. The van der Waals surface area contributed by atoms with E-state index < -0.39 is 42.2 Å². The molecule has 10 heteroatoms. The van der Waals surface area contributed by atoms with E-state index in [9.17, 15) is 24.6 Å². The summed E-state index contributed by atoms with van der Waals surface area (Å²) in [5.74, 6) is -0.842. The minimum absolute atomic E-state index is 0.0907. The number of nitrogens with zero attached hydrogens (tertiary/aromatic N) is 1. The first-order chi connectivity index (χ1) is 19.9. The molecule has 0 aliphatic rings. The van der Waals surface area contributed by atoms with E-state index in [2.05, 4.69) is 10.6 Å². The maximum atomic E-state index is 14.3. The molecule has 10 nitrogen and oxygen atoms in total. The van der Waals surface area contributed by atoms with Crippen molar-refractivity contribution in [1.29, 1.82) is 0 Å². The van der Waals surface area contributed by atoms with Crippen LogP contribution in [0.1, 0.15) is 43.5 Å². The zero-order valence-electron chi connectivity index (χ0n) is 24.6. The third-order valence-electron chi connectivity index (χ3n) is 6.38. The monoisotopic (exact) mass is 577 g/mol. The summed E-state index contributed by atoms with van der Waals surface area (Å²) >= 11 is 0. The number of phenolic OH excluding ortho intramolecular Hbond substituents is 1. The molecule has 0 aliphatic carbocycles. The van der Waals surface area contributed by atoms with Gasteiger partial charge < -0.3 is 35.2 Å². The van der Waals surface area contributed by atoms with Crippen LogP contribution in [0.3, 0.4) is 0 Å². The minimum atomic E-state index is -1.36. The number of aliphatic hydroxyl groups is 1. The summed E-state index contributed by atoms with van der Waals surface area (Å²) in [6.45, 7) is 6.07. The average Bonchev–Trinajstić information content (AvgIpc) is 2.94. The van der Waals surface area contributed by atoms with Crippen LogP contribution in [-0.2, 0) is 20.7 Å². The number of methoxy groups -OCH3 is 1. The fourth-order valence-electron chi connectivity index (χ4n) is 4.41. The number of phenols is 1. The van der Waals surface area contributed by atoms with E-state index in [0.717, 1.165) is 5.56 Å². The van der Waals surface area contributed by atoms with E-state index in [1.54, 1.807) is 70.2 Å². The summed E-state index contributed by atoms with van der Waals surface area (Å²) in [4.78, 5) is 42.2. The maximum absolute atomic E-state index is 14.3. The number of nitrogens with one attached hydrogen (secondary N) is 2. The van der Waals surface area contributed by atoms with Crippen molar-refractivity contribution in [2.45, 2.75) is 51.8 Å². The number of amides is 3. The molecule has 224 valence electrons. The highest BCUT2D eigenvalue weighted by Gasteiger charge is 2.37. The Kier molecular flexibility index (Phi) is 10.9. The van der Waals surface area contributed by atoms with E-state index in [4.69, 9.17) is 9.47 Å². The van der Waals surface area contributed by atoms with Gasteiger partial charge in [0.1, 0.15) is 29.2 Å². The molecule has 2 atom stereocenters. The third-order valence-corrected chi connectivity index (χ3v) is 6.38. The Labute approximate surface area is 246 Å². The molecule has 0 fully saturated rings. The zero-order valence-corrected chi connectivity index (χ0v) is 24.6. The van der Waals surface area contributed by atoms with Crippen LogP contribution in [0.25, 0.3) is 0 Å². The highest BCUT2D eigenvalue weighted by molar-refractivity contribution is 5.99. The Hall–Kier alpha value is -4.57. The molecule has 3 aromatic rings. The highest BCUT2D eigenvalue weighted by Crippen LogP contribution is 2.33. The molecule has 0 aromatic heterocycles. The van der Waals surface area contributed by atoms with Gasteiger partial charge in [0.05, 0.1) is 13.7 Å². The Bertz CT molecular complexity index is 1350. The fraction of sp³-hybridized carbons (Fsp3) is 0.344. The number of hydrogen-bond acceptors (Lipinski definition) is 7. The second kappa shape index (κ2) is 14.4.